The molecule has 2 aliphatic rings. The molecule has 0 spiro atoms. The Labute approximate surface area is 110 Å². The molecule has 0 bridgehead atoms. The molecule has 0 unspecified atom stereocenters. The van der Waals surface area contributed by atoms with Gasteiger partial charge in [0.1, 0.15) is 5.84 Å². The molecule has 3 rings (SSSR count). The highest BCUT2D eigenvalue weighted by molar-refractivity contribution is 6.37. The minimum absolute atomic E-state index is 0.668. The fraction of sp³-hybridized carbons (Fsp3) is 0.154. The fourth-order valence-corrected chi connectivity index (χ4v) is 2.51. The summed E-state index contributed by atoms with van der Waals surface area (Å²) in [6.45, 7) is 2.67. The number of fused-ring (bicyclic) bond motifs is 2. The van der Waals surface area contributed by atoms with Crippen LogP contribution in [0.15, 0.2) is 35.5 Å². The first-order chi connectivity index (χ1) is 8.16. The van der Waals surface area contributed by atoms with E-state index in [1.165, 1.54) is 0 Å². The number of allylic oxidation sites excluding steroid dienone is 2. The Balaban J connectivity index is 2.20. The van der Waals surface area contributed by atoms with Gasteiger partial charge in [-0.15, -0.1) is 0 Å². The van der Waals surface area contributed by atoms with Crippen molar-refractivity contribution in [3.05, 3.63) is 51.7 Å². The zero-order valence-electron chi connectivity index (χ0n) is 9.24. The predicted molar refractivity (Wildman–Crippen MR) is 72.1 cm³/mol. The molecule has 1 aromatic rings. The molecule has 4 heteroatoms. The van der Waals surface area contributed by atoms with Crippen molar-refractivity contribution in [2.24, 2.45) is 4.99 Å². The van der Waals surface area contributed by atoms with Crippen LogP contribution in [0.2, 0.25) is 10.0 Å². The van der Waals surface area contributed by atoms with Gasteiger partial charge < -0.3 is 4.90 Å². The van der Waals surface area contributed by atoms with Gasteiger partial charge in [-0.2, -0.15) is 0 Å². The second kappa shape index (κ2) is 3.90. The molecule has 0 aliphatic carbocycles. The van der Waals surface area contributed by atoms with Gasteiger partial charge in [-0.3, -0.25) is 0 Å². The molecule has 86 valence electrons. The Kier molecular flexibility index (Phi) is 2.49. The molecule has 0 atom stereocenters. The van der Waals surface area contributed by atoms with Gasteiger partial charge in [-0.05, 0) is 30.7 Å². The zero-order chi connectivity index (χ0) is 12.0. The lowest BCUT2D eigenvalue weighted by Crippen LogP contribution is -2.27. The van der Waals surface area contributed by atoms with Gasteiger partial charge in [0.25, 0.3) is 0 Å². The number of nitrogens with zero attached hydrogens (tertiary/aromatic N) is 2. The Morgan fingerprint density at radius 1 is 1.29 bits per heavy atom. The van der Waals surface area contributed by atoms with Crippen molar-refractivity contribution in [2.45, 2.75) is 13.5 Å². The maximum atomic E-state index is 6.33. The number of benzene rings is 1. The third-order valence-corrected chi connectivity index (χ3v) is 3.91. The number of aliphatic imine (C=N–C) groups is 1. The molecule has 0 amide bonds. The van der Waals surface area contributed by atoms with E-state index in [2.05, 4.69) is 9.89 Å². The van der Waals surface area contributed by atoms with Gasteiger partial charge in [-0.1, -0.05) is 29.3 Å². The number of halogens is 2. The van der Waals surface area contributed by atoms with E-state index in [1.54, 1.807) is 0 Å². The Morgan fingerprint density at radius 3 is 2.94 bits per heavy atom. The summed E-state index contributed by atoms with van der Waals surface area (Å²) in [5.41, 5.74) is 2.83. The summed E-state index contributed by atoms with van der Waals surface area (Å²) in [6.07, 6.45) is 7.94. The van der Waals surface area contributed by atoms with E-state index in [1.807, 2.05) is 37.4 Å². The van der Waals surface area contributed by atoms with Crippen molar-refractivity contribution < 1.29 is 0 Å². The topological polar surface area (TPSA) is 15.6 Å². The summed E-state index contributed by atoms with van der Waals surface area (Å²) in [5, 5.41) is 1.39. The van der Waals surface area contributed by atoms with Crippen LogP contribution in [-0.4, -0.2) is 10.7 Å². The molecule has 0 N–H and O–H groups in total. The van der Waals surface area contributed by atoms with Crippen molar-refractivity contribution >= 4 is 34.7 Å². The van der Waals surface area contributed by atoms with Crippen molar-refractivity contribution in [3.63, 3.8) is 0 Å². The van der Waals surface area contributed by atoms with Crippen LogP contribution in [0.1, 0.15) is 11.1 Å². The largest absolute Gasteiger partial charge is 0.328 e. The number of amidine groups is 1. The van der Waals surface area contributed by atoms with Crippen LogP contribution < -0.4 is 0 Å². The van der Waals surface area contributed by atoms with Crippen LogP contribution in [0.25, 0.3) is 0 Å². The number of rotatable bonds is 0. The van der Waals surface area contributed by atoms with Crippen molar-refractivity contribution in [1.82, 2.24) is 4.90 Å². The standard InChI is InChI=1S/C13H10Cl2N2/c1-8-10(14)6-11-9(13(8)15)7-17-5-3-2-4-12(17)16-11/h2-6H,7H2,1H3. The minimum Gasteiger partial charge on any atom is -0.328 e. The highest BCUT2D eigenvalue weighted by Crippen LogP contribution is 2.38. The maximum absolute atomic E-state index is 6.33. The first kappa shape index (κ1) is 10.9. The molecule has 2 aliphatic heterocycles. The van der Waals surface area contributed by atoms with Crippen LogP contribution in [-0.2, 0) is 6.54 Å². The van der Waals surface area contributed by atoms with Crippen molar-refractivity contribution in [2.75, 3.05) is 0 Å². The molecular formula is C13H10Cl2N2. The second-order valence-corrected chi connectivity index (χ2v) is 4.88. The Bertz CT molecular complexity index is 586. The van der Waals surface area contributed by atoms with Crippen molar-refractivity contribution in [1.29, 1.82) is 0 Å². The summed E-state index contributed by atoms with van der Waals surface area (Å²) in [4.78, 5) is 6.64. The van der Waals surface area contributed by atoms with E-state index in [0.29, 0.717) is 5.02 Å². The molecule has 0 saturated carbocycles. The van der Waals surface area contributed by atoms with Crippen LogP contribution in [0.4, 0.5) is 5.69 Å². The highest BCUT2D eigenvalue weighted by atomic mass is 35.5. The molecule has 0 radical (unpaired) electrons. The first-order valence-corrected chi connectivity index (χ1v) is 6.10. The van der Waals surface area contributed by atoms with E-state index in [9.17, 15) is 0 Å². The summed E-state index contributed by atoms with van der Waals surface area (Å²) < 4.78 is 0. The Morgan fingerprint density at radius 2 is 2.12 bits per heavy atom. The van der Waals surface area contributed by atoms with Crippen LogP contribution in [0.3, 0.4) is 0 Å². The summed E-state index contributed by atoms with van der Waals surface area (Å²) in [7, 11) is 0. The third kappa shape index (κ3) is 1.68. The van der Waals surface area contributed by atoms with E-state index < -0.39 is 0 Å². The summed E-state index contributed by atoms with van der Waals surface area (Å²) in [5.74, 6) is 0.927. The number of hydrogen-bond acceptors (Lipinski definition) is 2. The van der Waals surface area contributed by atoms with Gasteiger partial charge in [0, 0.05) is 16.8 Å². The van der Waals surface area contributed by atoms with Gasteiger partial charge in [0.05, 0.1) is 17.3 Å². The fourth-order valence-electron chi connectivity index (χ4n) is 2.01. The average Bonchev–Trinajstić information content (AvgIpc) is 2.34. The average molecular weight is 265 g/mol. The lowest BCUT2D eigenvalue weighted by Gasteiger charge is -2.28. The normalized spacial score (nSPS) is 16.6. The molecule has 17 heavy (non-hydrogen) atoms. The molecule has 2 nitrogen and oxygen atoms in total. The van der Waals surface area contributed by atoms with E-state index >= 15 is 0 Å². The van der Waals surface area contributed by atoms with Crippen LogP contribution in [0.5, 0.6) is 0 Å². The molecule has 0 saturated heterocycles. The van der Waals surface area contributed by atoms with Gasteiger partial charge >= 0.3 is 0 Å². The monoisotopic (exact) mass is 264 g/mol. The van der Waals surface area contributed by atoms with E-state index in [4.69, 9.17) is 23.2 Å². The minimum atomic E-state index is 0.668. The molecule has 0 aromatic heterocycles. The van der Waals surface area contributed by atoms with Gasteiger partial charge in [-0.25, -0.2) is 4.99 Å². The van der Waals surface area contributed by atoms with E-state index in [0.717, 1.165) is 34.2 Å². The van der Waals surface area contributed by atoms with Crippen LogP contribution >= 0.6 is 23.2 Å². The van der Waals surface area contributed by atoms with Gasteiger partial charge in [0.2, 0.25) is 0 Å². The zero-order valence-corrected chi connectivity index (χ0v) is 10.8. The first-order valence-electron chi connectivity index (χ1n) is 5.34. The lowest BCUT2D eigenvalue weighted by molar-refractivity contribution is 0.544. The van der Waals surface area contributed by atoms with Gasteiger partial charge in [0.15, 0.2) is 0 Å². The quantitative estimate of drug-likeness (QED) is 0.685. The predicted octanol–water partition coefficient (Wildman–Crippen LogP) is 4.23. The third-order valence-electron chi connectivity index (χ3n) is 3.01. The Hall–Kier alpha value is -1.25. The maximum Gasteiger partial charge on any atom is 0.133 e. The molecule has 1 aromatic carbocycles. The second-order valence-electron chi connectivity index (χ2n) is 4.09. The smallest absolute Gasteiger partial charge is 0.133 e. The van der Waals surface area contributed by atoms with E-state index in [-0.39, 0.29) is 0 Å². The highest BCUT2D eigenvalue weighted by Gasteiger charge is 2.21. The lowest BCUT2D eigenvalue weighted by atomic mass is 10.1. The molecule has 2 heterocycles. The summed E-state index contributed by atoms with van der Waals surface area (Å²) >= 11 is 12.5. The van der Waals surface area contributed by atoms with Crippen molar-refractivity contribution in [3.8, 4) is 0 Å². The molecular weight excluding hydrogens is 255 g/mol. The summed E-state index contributed by atoms with van der Waals surface area (Å²) in [6, 6.07) is 1.88. The van der Waals surface area contributed by atoms with Crippen LogP contribution in [0, 0.1) is 6.92 Å². The molecule has 0 fully saturated rings. The SMILES string of the molecule is Cc1c(Cl)cc2c(c1Cl)CN1C=CC=CC1=N2. The number of hydrogen-bond donors (Lipinski definition) is 0.